The van der Waals surface area contributed by atoms with E-state index < -0.39 is 0 Å². The van der Waals surface area contributed by atoms with Gasteiger partial charge in [-0.2, -0.15) is 0 Å². The molecule has 0 spiro atoms. The van der Waals surface area contributed by atoms with Crippen molar-refractivity contribution in [2.24, 2.45) is 7.05 Å². The zero-order valence-electron chi connectivity index (χ0n) is 13.8. The first kappa shape index (κ1) is 15.8. The molecule has 0 amide bonds. The Morgan fingerprint density at radius 3 is 2.81 bits per heavy atom. The van der Waals surface area contributed by atoms with Gasteiger partial charge in [0.05, 0.1) is 24.8 Å². The van der Waals surface area contributed by atoms with E-state index in [4.69, 9.17) is 0 Å². The monoisotopic (exact) mass is 286 g/mol. The number of H-pyrrole nitrogens is 1. The van der Waals surface area contributed by atoms with Crippen LogP contribution in [0.3, 0.4) is 0 Å². The number of allylic oxidation sites excluding steroid dienone is 1. The molecule has 0 aliphatic carbocycles. The summed E-state index contributed by atoms with van der Waals surface area (Å²) < 4.78 is 2.14. The summed E-state index contributed by atoms with van der Waals surface area (Å²) in [6.45, 7) is 10.00. The average Bonchev–Trinajstić information content (AvgIpc) is 2.91. The fraction of sp³-hybridized carbons (Fsp3) is 0.500. The van der Waals surface area contributed by atoms with Crippen molar-refractivity contribution in [1.29, 1.82) is 0 Å². The molecule has 0 unspecified atom stereocenters. The van der Waals surface area contributed by atoms with Crippen molar-refractivity contribution in [1.82, 2.24) is 9.88 Å². The number of rotatable bonds is 7. The van der Waals surface area contributed by atoms with Gasteiger partial charge in [0.25, 0.3) is 5.65 Å². The van der Waals surface area contributed by atoms with Crippen LogP contribution in [0.4, 0.5) is 0 Å². The Labute approximate surface area is 128 Å². The quantitative estimate of drug-likeness (QED) is 0.773. The van der Waals surface area contributed by atoms with Crippen molar-refractivity contribution in [3.8, 4) is 0 Å². The van der Waals surface area contributed by atoms with Crippen molar-refractivity contribution in [2.45, 2.75) is 33.6 Å². The summed E-state index contributed by atoms with van der Waals surface area (Å²) >= 11 is 0. The summed E-state index contributed by atoms with van der Waals surface area (Å²) in [5.74, 6) is 0. The van der Waals surface area contributed by atoms with Gasteiger partial charge in [-0.3, -0.25) is 4.90 Å². The van der Waals surface area contributed by atoms with Crippen LogP contribution in [-0.2, 0) is 7.05 Å². The van der Waals surface area contributed by atoms with Gasteiger partial charge in [0.2, 0.25) is 0 Å². The van der Waals surface area contributed by atoms with Gasteiger partial charge in [-0.05, 0) is 43.6 Å². The maximum atomic E-state index is 3.42. The summed E-state index contributed by atoms with van der Waals surface area (Å²) in [7, 11) is 2.08. The molecule has 0 saturated heterocycles. The summed E-state index contributed by atoms with van der Waals surface area (Å²) in [5.41, 5.74) is 3.97. The molecule has 1 N–H and O–H groups in total. The van der Waals surface area contributed by atoms with Crippen molar-refractivity contribution in [2.75, 3.05) is 19.6 Å². The normalized spacial score (nSPS) is 12.5. The second-order valence-electron chi connectivity index (χ2n) is 5.59. The molecule has 0 saturated carbocycles. The van der Waals surface area contributed by atoms with E-state index in [2.05, 4.69) is 72.9 Å². The van der Waals surface area contributed by atoms with Crippen LogP contribution >= 0.6 is 0 Å². The highest BCUT2D eigenvalue weighted by molar-refractivity contribution is 5.89. The Hall–Kier alpha value is -1.61. The Kier molecular flexibility index (Phi) is 5.57. The molecule has 3 heteroatoms. The number of hydrogen-bond donors (Lipinski definition) is 1. The van der Waals surface area contributed by atoms with Crippen LogP contribution in [0.5, 0.6) is 0 Å². The first-order chi connectivity index (χ1) is 10.2. The number of aromatic amines is 1. The smallest absolute Gasteiger partial charge is 0.286 e. The van der Waals surface area contributed by atoms with Crippen molar-refractivity contribution >= 4 is 16.6 Å². The highest BCUT2D eigenvalue weighted by Gasteiger charge is 2.16. The largest absolute Gasteiger partial charge is 0.299 e. The third-order valence-electron chi connectivity index (χ3n) is 4.00. The van der Waals surface area contributed by atoms with Gasteiger partial charge in [-0.25, -0.2) is 9.55 Å². The molecule has 0 radical (unpaired) electrons. The molecule has 21 heavy (non-hydrogen) atoms. The molecule has 3 nitrogen and oxygen atoms in total. The number of pyridine rings is 1. The highest BCUT2D eigenvalue weighted by atomic mass is 15.1. The molecule has 0 aromatic carbocycles. The highest BCUT2D eigenvalue weighted by Crippen LogP contribution is 2.24. The van der Waals surface area contributed by atoms with E-state index >= 15 is 0 Å². The van der Waals surface area contributed by atoms with E-state index in [1.54, 1.807) is 0 Å². The van der Waals surface area contributed by atoms with Crippen molar-refractivity contribution in [3.05, 3.63) is 36.2 Å². The summed E-state index contributed by atoms with van der Waals surface area (Å²) in [4.78, 5) is 5.94. The molecule has 0 atom stereocenters. The molecule has 2 aromatic rings. The number of aromatic nitrogens is 2. The maximum absolute atomic E-state index is 3.42. The second kappa shape index (κ2) is 7.41. The topological polar surface area (TPSA) is 22.9 Å². The number of fused-ring (bicyclic) bond motifs is 1. The van der Waals surface area contributed by atoms with Gasteiger partial charge in [-0.1, -0.05) is 26.8 Å². The molecular weight excluding hydrogens is 258 g/mol. The van der Waals surface area contributed by atoms with Crippen LogP contribution in [0.25, 0.3) is 16.6 Å². The minimum atomic E-state index is 1.03. The standard InChI is InChI=1S/C18H27N3/c1-5-9-15(14-21(7-3)11-6-2)17-13-19-18-16(17)10-8-12-20(18)4/h8-10,12-13H,5-7,11,14H2,1-4H3/p+1/b15-9+. The lowest BCUT2D eigenvalue weighted by atomic mass is 10.0. The minimum absolute atomic E-state index is 1.03. The lowest BCUT2D eigenvalue weighted by Gasteiger charge is -2.21. The number of likely N-dealkylation sites (N-methyl/N-ethyl adjacent to an activating group) is 1. The predicted octanol–water partition coefficient (Wildman–Crippen LogP) is 3.52. The van der Waals surface area contributed by atoms with Gasteiger partial charge < -0.3 is 0 Å². The molecule has 0 aliphatic heterocycles. The third kappa shape index (κ3) is 3.53. The van der Waals surface area contributed by atoms with E-state index in [9.17, 15) is 0 Å². The molecule has 2 aromatic heterocycles. The number of nitrogens with one attached hydrogen (secondary N) is 1. The van der Waals surface area contributed by atoms with E-state index in [-0.39, 0.29) is 0 Å². The number of nitrogens with zero attached hydrogens (tertiary/aromatic N) is 2. The zero-order chi connectivity index (χ0) is 15.2. The van der Waals surface area contributed by atoms with E-state index in [1.165, 1.54) is 28.6 Å². The first-order valence-corrected chi connectivity index (χ1v) is 8.08. The third-order valence-corrected chi connectivity index (χ3v) is 4.00. The van der Waals surface area contributed by atoms with Crippen LogP contribution in [0.1, 0.15) is 39.2 Å². The van der Waals surface area contributed by atoms with Gasteiger partial charge in [0.15, 0.2) is 0 Å². The van der Waals surface area contributed by atoms with E-state index in [1.807, 2.05) is 0 Å². The fourth-order valence-corrected chi connectivity index (χ4v) is 2.90. The SMILES string of the molecule is CC/C=C(\CN(CC)CCC)c1c[nH]c2c1ccc[n+]2C. The Bertz CT molecular complexity index is 610. The molecule has 2 rings (SSSR count). The second-order valence-corrected chi connectivity index (χ2v) is 5.59. The number of aryl methyl sites for hydroxylation is 1. The van der Waals surface area contributed by atoms with Crippen LogP contribution in [-0.4, -0.2) is 29.5 Å². The Morgan fingerprint density at radius 1 is 1.33 bits per heavy atom. The van der Waals surface area contributed by atoms with Gasteiger partial charge in [0, 0.05) is 12.1 Å². The van der Waals surface area contributed by atoms with E-state index in [0.29, 0.717) is 0 Å². The molecular formula is C18H28N3+. The lowest BCUT2D eigenvalue weighted by molar-refractivity contribution is -0.646. The predicted molar refractivity (Wildman–Crippen MR) is 90.1 cm³/mol. The van der Waals surface area contributed by atoms with Crippen molar-refractivity contribution < 1.29 is 4.57 Å². The molecule has 2 heterocycles. The lowest BCUT2D eigenvalue weighted by Crippen LogP contribution is -2.28. The van der Waals surface area contributed by atoms with Gasteiger partial charge >= 0.3 is 0 Å². The molecule has 0 fully saturated rings. The minimum Gasteiger partial charge on any atom is -0.299 e. The Balaban J connectivity index is 2.37. The van der Waals surface area contributed by atoms with Gasteiger partial charge in [-0.15, -0.1) is 0 Å². The summed E-state index contributed by atoms with van der Waals surface area (Å²) in [5, 5.41) is 1.31. The van der Waals surface area contributed by atoms with Crippen LogP contribution in [0.2, 0.25) is 0 Å². The maximum Gasteiger partial charge on any atom is 0.286 e. The van der Waals surface area contributed by atoms with Crippen LogP contribution in [0.15, 0.2) is 30.6 Å². The first-order valence-electron chi connectivity index (χ1n) is 8.08. The zero-order valence-corrected chi connectivity index (χ0v) is 13.8. The van der Waals surface area contributed by atoms with Gasteiger partial charge in [0.1, 0.15) is 0 Å². The summed E-state index contributed by atoms with van der Waals surface area (Å²) in [6.07, 6.45) is 8.89. The molecule has 114 valence electrons. The van der Waals surface area contributed by atoms with Crippen LogP contribution in [0, 0.1) is 0 Å². The molecule has 0 bridgehead atoms. The number of hydrogen-bond acceptors (Lipinski definition) is 1. The average molecular weight is 286 g/mol. The van der Waals surface area contributed by atoms with Crippen molar-refractivity contribution in [3.63, 3.8) is 0 Å². The van der Waals surface area contributed by atoms with Crippen LogP contribution < -0.4 is 4.57 Å². The summed E-state index contributed by atoms with van der Waals surface area (Å²) in [6, 6.07) is 4.33. The fourth-order valence-electron chi connectivity index (χ4n) is 2.90. The van der Waals surface area contributed by atoms with E-state index in [0.717, 1.165) is 26.1 Å². The molecule has 0 aliphatic rings. The Morgan fingerprint density at radius 2 is 2.14 bits per heavy atom.